The molecule has 2 aromatic rings. The molecule has 1 aliphatic heterocycles. The molecule has 1 aromatic heterocycles. The highest BCUT2D eigenvalue weighted by atomic mass is 16.5. The lowest BCUT2D eigenvalue weighted by Gasteiger charge is -2.31. The number of methoxy groups -OCH3 is 2. The Balaban J connectivity index is 1.62. The van der Waals surface area contributed by atoms with Crippen LogP contribution in [0.4, 0.5) is 11.8 Å². The van der Waals surface area contributed by atoms with E-state index in [9.17, 15) is 5.11 Å². The van der Waals surface area contributed by atoms with Gasteiger partial charge in [-0.2, -0.15) is 4.98 Å². The SMILES string of the molecule is COc1cc2c(cc1OC)CN(c1cc(C3CC3)nc(N[C@@H](CO)C(C)C)n1)CC2. The Labute approximate surface area is 178 Å². The Morgan fingerprint density at radius 1 is 1.10 bits per heavy atom. The van der Waals surface area contributed by atoms with Gasteiger partial charge in [-0.3, -0.25) is 0 Å². The van der Waals surface area contributed by atoms with Crippen LogP contribution in [-0.4, -0.2) is 48.5 Å². The minimum atomic E-state index is -0.0638. The molecule has 4 rings (SSSR count). The molecule has 30 heavy (non-hydrogen) atoms. The Hall–Kier alpha value is -2.54. The van der Waals surface area contributed by atoms with Crippen LogP contribution in [0.3, 0.4) is 0 Å². The summed E-state index contributed by atoms with van der Waals surface area (Å²) in [5.41, 5.74) is 3.62. The number of hydrogen-bond donors (Lipinski definition) is 2. The summed E-state index contributed by atoms with van der Waals surface area (Å²) in [6.45, 7) is 5.88. The van der Waals surface area contributed by atoms with Gasteiger partial charge in [0, 0.05) is 25.1 Å². The topological polar surface area (TPSA) is 79.7 Å². The number of hydrogen-bond acceptors (Lipinski definition) is 7. The number of aliphatic hydroxyl groups is 1. The number of nitrogens with one attached hydrogen (secondary N) is 1. The van der Waals surface area contributed by atoms with Crippen LogP contribution in [0.5, 0.6) is 11.5 Å². The molecule has 1 aromatic carbocycles. The molecular weight excluding hydrogens is 380 g/mol. The Morgan fingerprint density at radius 2 is 1.80 bits per heavy atom. The van der Waals surface area contributed by atoms with Crippen molar-refractivity contribution in [2.45, 2.75) is 51.6 Å². The van der Waals surface area contributed by atoms with Gasteiger partial charge in [0.25, 0.3) is 0 Å². The van der Waals surface area contributed by atoms with Crippen LogP contribution in [0, 0.1) is 5.92 Å². The fraction of sp³-hybridized carbons (Fsp3) is 0.565. The second-order valence-corrected chi connectivity index (χ2v) is 8.57. The molecule has 162 valence electrons. The maximum absolute atomic E-state index is 9.72. The maximum atomic E-state index is 9.72. The van der Waals surface area contributed by atoms with Crippen molar-refractivity contribution in [3.63, 3.8) is 0 Å². The van der Waals surface area contributed by atoms with E-state index in [-0.39, 0.29) is 18.6 Å². The van der Waals surface area contributed by atoms with Gasteiger partial charge in [0.1, 0.15) is 5.82 Å². The first-order valence-electron chi connectivity index (χ1n) is 10.8. The number of nitrogens with zero attached hydrogens (tertiary/aromatic N) is 3. The van der Waals surface area contributed by atoms with Crippen LogP contribution in [0.2, 0.25) is 0 Å². The molecule has 0 amide bonds. The average Bonchev–Trinajstić information content (AvgIpc) is 3.61. The molecule has 7 heteroatoms. The van der Waals surface area contributed by atoms with Gasteiger partial charge in [-0.1, -0.05) is 13.8 Å². The lowest BCUT2D eigenvalue weighted by molar-refractivity contribution is 0.248. The lowest BCUT2D eigenvalue weighted by Crippen LogP contribution is -2.33. The summed E-state index contributed by atoms with van der Waals surface area (Å²) in [7, 11) is 3.34. The van der Waals surface area contributed by atoms with Crippen molar-refractivity contribution < 1.29 is 14.6 Å². The highest BCUT2D eigenvalue weighted by Gasteiger charge is 2.28. The number of anilines is 2. The fourth-order valence-corrected chi connectivity index (χ4v) is 3.94. The Kier molecular flexibility index (Phi) is 5.99. The quantitative estimate of drug-likeness (QED) is 0.688. The monoisotopic (exact) mass is 412 g/mol. The van der Waals surface area contributed by atoms with Crippen LogP contribution in [0.15, 0.2) is 18.2 Å². The highest BCUT2D eigenvalue weighted by molar-refractivity contribution is 5.53. The third-order valence-corrected chi connectivity index (χ3v) is 6.09. The molecule has 1 atom stereocenters. The van der Waals surface area contributed by atoms with Gasteiger partial charge in [-0.25, -0.2) is 4.98 Å². The molecule has 1 aliphatic carbocycles. The van der Waals surface area contributed by atoms with Crippen LogP contribution >= 0.6 is 0 Å². The number of aliphatic hydroxyl groups excluding tert-OH is 1. The van der Waals surface area contributed by atoms with Crippen molar-refractivity contribution in [1.82, 2.24) is 9.97 Å². The van der Waals surface area contributed by atoms with Gasteiger partial charge in [-0.05, 0) is 48.4 Å². The molecule has 0 unspecified atom stereocenters. The summed E-state index contributed by atoms with van der Waals surface area (Å²) in [5.74, 6) is 3.90. The molecular formula is C23H32N4O3. The smallest absolute Gasteiger partial charge is 0.225 e. The standard InChI is InChI=1S/C23H32N4O3/c1-14(2)19(13-28)25-23-24-18(15-5-6-15)11-22(26-23)27-8-7-16-9-20(29-3)21(30-4)10-17(16)12-27/h9-11,14-15,19,28H,5-8,12-13H2,1-4H3,(H,24,25,26)/t19-/m0/s1. The minimum Gasteiger partial charge on any atom is -0.493 e. The van der Waals surface area contributed by atoms with Crippen molar-refractivity contribution in [3.8, 4) is 11.5 Å². The maximum Gasteiger partial charge on any atom is 0.225 e. The number of fused-ring (bicyclic) bond motifs is 1. The van der Waals surface area contributed by atoms with Gasteiger partial charge < -0.3 is 24.8 Å². The van der Waals surface area contributed by atoms with E-state index in [0.29, 0.717) is 11.9 Å². The zero-order valence-corrected chi connectivity index (χ0v) is 18.3. The second-order valence-electron chi connectivity index (χ2n) is 8.57. The van der Waals surface area contributed by atoms with E-state index < -0.39 is 0 Å². The average molecular weight is 413 g/mol. The zero-order chi connectivity index (χ0) is 21.3. The normalized spacial score (nSPS) is 16.9. The van der Waals surface area contributed by atoms with E-state index in [2.05, 4.69) is 42.3 Å². The molecule has 1 saturated carbocycles. The van der Waals surface area contributed by atoms with Crippen LogP contribution in [-0.2, 0) is 13.0 Å². The zero-order valence-electron chi connectivity index (χ0n) is 18.3. The van der Waals surface area contributed by atoms with Crippen molar-refractivity contribution in [1.29, 1.82) is 0 Å². The summed E-state index contributed by atoms with van der Waals surface area (Å²) in [5, 5.41) is 13.1. The molecule has 2 aliphatic rings. The van der Waals surface area contributed by atoms with Crippen molar-refractivity contribution in [2.24, 2.45) is 5.92 Å². The number of rotatable bonds is 8. The van der Waals surface area contributed by atoms with E-state index in [4.69, 9.17) is 19.4 Å². The number of ether oxygens (including phenoxy) is 2. The highest BCUT2D eigenvalue weighted by Crippen LogP contribution is 2.41. The van der Waals surface area contributed by atoms with Gasteiger partial charge in [0.05, 0.1) is 32.6 Å². The fourth-order valence-electron chi connectivity index (χ4n) is 3.94. The Bertz CT molecular complexity index is 898. The van der Waals surface area contributed by atoms with Crippen LogP contribution in [0.25, 0.3) is 0 Å². The molecule has 0 spiro atoms. The van der Waals surface area contributed by atoms with E-state index in [1.165, 1.54) is 24.0 Å². The summed E-state index contributed by atoms with van der Waals surface area (Å²) < 4.78 is 11.0. The molecule has 0 bridgehead atoms. The van der Waals surface area contributed by atoms with Crippen LogP contribution < -0.4 is 19.7 Å². The molecule has 1 fully saturated rings. The number of aromatic nitrogens is 2. The van der Waals surface area contributed by atoms with E-state index in [1.54, 1.807) is 14.2 Å². The van der Waals surface area contributed by atoms with E-state index in [0.717, 1.165) is 42.5 Å². The summed E-state index contributed by atoms with van der Waals surface area (Å²) in [4.78, 5) is 11.9. The molecule has 2 heterocycles. The predicted molar refractivity (Wildman–Crippen MR) is 118 cm³/mol. The molecule has 7 nitrogen and oxygen atoms in total. The molecule has 0 saturated heterocycles. The minimum absolute atomic E-state index is 0.0583. The summed E-state index contributed by atoms with van der Waals surface area (Å²) in [6.07, 6.45) is 3.29. The molecule has 0 radical (unpaired) electrons. The first kappa shape index (κ1) is 20.7. The predicted octanol–water partition coefficient (Wildman–Crippen LogP) is 3.36. The summed E-state index contributed by atoms with van der Waals surface area (Å²) in [6, 6.07) is 6.23. The largest absolute Gasteiger partial charge is 0.493 e. The van der Waals surface area contributed by atoms with Gasteiger partial charge in [0.15, 0.2) is 11.5 Å². The van der Waals surface area contributed by atoms with Crippen molar-refractivity contribution >= 4 is 11.8 Å². The second kappa shape index (κ2) is 8.68. The van der Waals surface area contributed by atoms with Crippen molar-refractivity contribution in [3.05, 3.63) is 35.0 Å². The molecule has 2 N–H and O–H groups in total. The first-order chi connectivity index (χ1) is 14.5. The summed E-state index contributed by atoms with van der Waals surface area (Å²) >= 11 is 0. The van der Waals surface area contributed by atoms with E-state index >= 15 is 0 Å². The first-order valence-corrected chi connectivity index (χ1v) is 10.8. The Morgan fingerprint density at radius 3 is 2.40 bits per heavy atom. The van der Waals surface area contributed by atoms with Gasteiger partial charge in [-0.15, -0.1) is 0 Å². The van der Waals surface area contributed by atoms with Gasteiger partial charge in [0.2, 0.25) is 5.95 Å². The van der Waals surface area contributed by atoms with E-state index in [1.807, 2.05) is 0 Å². The number of benzene rings is 1. The van der Waals surface area contributed by atoms with Crippen molar-refractivity contribution in [2.75, 3.05) is 37.6 Å². The van der Waals surface area contributed by atoms with Crippen LogP contribution in [0.1, 0.15) is 49.4 Å². The third-order valence-electron chi connectivity index (χ3n) is 6.09. The lowest BCUT2D eigenvalue weighted by atomic mass is 9.98. The van der Waals surface area contributed by atoms with Gasteiger partial charge >= 0.3 is 0 Å². The third kappa shape index (κ3) is 4.31.